The molecule has 2 heterocycles. The normalized spacial score (nSPS) is 15.3. The lowest BCUT2D eigenvalue weighted by Crippen LogP contribution is -2.34. The van der Waals surface area contributed by atoms with E-state index in [2.05, 4.69) is 77.0 Å². The number of rotatable bonds is 6. The second-order valence-corrected chi connectivity index (χ2v) is 7.65. The van der Waals surface area contributed by atoms with Crippen LogP contribution in [0.3, 0.4) is 0 Å². The fourth-order valence-corrected chi connectivity index (χ4v) is 3.81. The smallest absolute Gasteiger partial charge is 0.335 e. The van der Waals surface area contributed by atoms with Gasteiger partial charge in [0.2, 0.25) is 0 Å². The number of nitrogens with zero attached hydrogens (tertiary/aromatic N) is 2. The molecule has 0 spiro atoms. The van der Waals surface area contributed by atoms with E-state index in [9.17, 15) is 4.79 Å². The predicted molar refractivity (Wildman–Crippen MR) is 120 cm³/mol. The highest BCUT2D eigenvalue weighted by Gasteiger charge is 2.21. The van der Waals surface area contributed by atoms with Gasteiger partial charge in [-0.25, -0.2) is 9.78 Å². The van der Waals surface area contributed by atoms with Crippen LogP contribution < -0.4 is 15.5 Å². The van der Waals surface area contributed by atoms with Crippen LogP contribution in [0.1, 0.15) is 33.1 Å². The number of carbonyl (C=O) groups is 1. The molecule has 1 aliphatic heterocycles. The summed E-state index contributed by atoms with van der Waals surface area (Å²) in [5.74, 6) is -0.383. The topological polar surface area (TPSA) is 77.5 Å². The van der Waals surface area contributed by atoms with Gasteiger partial charge >= 0.3 is 5.97 Å². The molecule has 154 valence electrons. The summed E-state index contributed by atoms with van der Waals surface area (Å²) in [6, 6.07) is 18.3. The lowest BCUT2D eigenvalue weighted by atomic mass is 9.93. The van der Waals surface area contributed by atoms with Crippen molar-refractivity contribution in [1.82, 2.24) is 10.3 Å². The highest BCUT2D eigenvalue weighted by Crippen LogP contribution is 2.30. The van der Waals surface area contributed by atoms with Crippen molar-refractivity contribution in [2.75, 3.05) is 30.4 Å². The van der Waals surface area contributed by atoms with Gasteiger partial charge in [0.25, 0.3) is 0 Å². The summed E-state index contributed by atoms with van der Waals surface area (Å²) < 4.78 is 0. The molecule has 1 aliphatic rings. The van der Waals surface area contributed by atoms with E-state index >= 15 is 0 Å². The summed E-state index contributed by atoms with van der Waals surface area (Å²) in [5.41, 5.74) is 6.42. The molecule has 6 nitrogen and oxygen atoms in total. The Balaban J connectivity index is 1.50. The molecular weight excluding hydrogens is 376 g/mol. The average molecular weight is 402 g/mol. The third kappa shape index (κ3) is 4.28. The van der Waals surface area contributed by atoms with Crippen molar-refractivity contribution in [3.63, 3.8) is 0 Å². The minimum absolute atomic E-state index is 0.141. The highest BCUT2D eigenvalue weighted by molar-refractivity contribution is 5.88. The SMILES string of the molecule is Cc1ccc(N(C)c2ccc3c(c2)CCN[C@H]3CNc2cc(C(=O)O)ccn2)cc1. The third-order valence-corrected chi connectivity index (χ3v) is 5.59. The van der Waals surface area contributed by atoms with Crippen LogP contribution in [0.25, 0.3) is 0 Å². The third-order valence-electron chi connectivity index (χ3n) is 5.59. The maximum Gasteiger partial charge on any atom is 0.335 e. The molecule has 0 aliphatic carbocycles. The molecule has 4 rings (SSSR count). The number of aromatic carboxylic acids is 1. The van der Waals surface area contributed by atoms with E-state index in [0.717, 1.165) is 18.7 Å². The van der Waals surface area contributed by atoms with Crippen LogP contribution in [0.15, 0.2) is 60.8 Å². The molecule has 3 aromatic rings. The number of fused-ring (bicyclic) bond motifs is 1. The van der Waals surface area contributed by atoms with Gasteiger partial charge < -0.3 is 20.6 Å². The van der Waals surface area contributed by atoms with Crippen molar-refractivity contribution < 1.29 is 9.90 Å². The minimum Gasteiger partial charge on any atom is -0.478 e. The van der Waals surface area contributed by atoms with Gasteiger partial charge in [-0.1, -0.05) is 23.8 Å². The minimum atomic E-state index is -0.952. The van der Waals surface area contributed by atoms with E-state index in [1.54, 1.807) is 6.07 Å². The maximum atomic E-state index is 11.2. The van der Waals surface area contributed by atoms with Gasteiger partial charge in [0.05, 0.1) is 5.56 Å². The van der Waals surface area contributed by atoms with Gasteiger partial charge in [-0.05, 0) is 67.4 Å². The molecule has 1 aromatic heterocycles. The molecule has 3 N–H and O–H groups in total. The van der Waals surface area contributed by atoms with E-state index < -0.39 is 5.97 Å². The Morgan fingerprint density at radius 1 is 1.17 bits per heavy atom. The van der Waals surface area contributed by atoms with Crippen molar-refractivity contribution in [3.8, 4) is 0 Å². The standard InChI is InChI=1S/C24H26N4O2/c1-16-3-5-19(6-4-16)28(2)20-7-8-21-17(13-20)9-11-25-22(21)15-27-23-14-18(24(29)30)10-12-26-23/h3-8,10,12-14,22,25H,9,11,15H2,1-2H3,(H,26,27)(H,29,30)/t22-/m0/s1. The highest BCUT2D eigenvalue weighted by atomic mass is 16.4. The second-order valence-electron chi connectivity index (χ2n) is 7.65. The van der Waals surface area contributed by atoms with Crippen LogP contribution in [-0.4, -0.2) is 36.2 Å². The number of pyridine rings is 1. The van der Waals surface area contributed by atoms with E-state index in [0.29, 0.717) is 12.4 Å². The van der Waals surface area contributed by atoms with Gasteiger partial charge in [-0.15, -0.1) is 0 Å². The van der Waals surface area contributed by atoms with Gasteiger partial charge in [-0.3, -0.25) is 0 Å². The van der Waals surface area contributed by atoms with Crippen molar-refractivity contribution in [3.05, 3.63) is 83.0 Å². The van der Waals surface area contributed by atoms with E-state index in [-0.39, 0.29) is 11.6 Å². The largest absolute Gasteiger partial charge is 0.478 e. The predicted octanol–water partition coefficient (Wildman–Crippen LogP) is 4.16. The number of carboxylic acid groups (broad SMARTS) is 1. The van der Waals surface area contributed by atoms with Crippen molar-refractivity contribution >= 4 is 23.2 Å². The quantitative estimate of drug-likeness (QED) is 0.575. The fourth-order valence-electron chi connectivity index (χ4n) is 3.81. The molecule has 6 heteroatoms. The van der Waals surface area contributed by atoms with Gasteiger partial charge in [0.1, 0.15) is 5.82 Å². The fraction of sp³-hybridized carbons (Fsp3) is 0.250. The number of hydrogen-bond donors (Lipinski definition) is 3. The monoisotopic (exact) mass is 402 g/mol. The molecule has 1 atom stereocenters. The zero-order valence-corrected chi connectivity index (χ0v) is 17.2. The lowest BCUT2D eigenvalue weighted by Gasteiger charge is -2.29. The average Bonchev–Trinajstić information content (AvgIpc) is 2.77. The zero-order chi connectivity index (χ0) is 21.1. The Hall–Kier alpha value is -3.38. The molecule has 2 aromatic carbocycles. The van der Waals surface area contributed by atoms with E-state index in [4.69, 9.17) is 5.11 Å². The number of aromatic nitrogens is 1. The molecule has 0 saturated heterocycles. The number of carboxylic acids is 1. The molecule has 0 saturated carbocycles. The number of aryl methyl sites for hydroxylation is 1. The summed E-state index contributed by atoms with van der Waals surface area (Å²) >= 11 is 0. The van der Waals surface area contributed by atoms with Crippen molar-refractivity contribution in [2.45, 2.75) is 19.4 Å². The molecule has 0 radical (unpaired) electrons. The Morgan fingerprint density at radius 3 is 2.70 bits per heavy atom. The Kier molecular flexibility index (Phi) is 5.68. The summed E-state index contributed by atoms with van der Waals surface area (Å²) in [6.07, 6.45) is 2.50. The summed E-state index contributed by atoms with van der Waals surface area (Å²) in [5, 5.41) is 16.0. The van der Waals surface area contributed by atoms with Crippen LogP contribution in [-0.2, 0) is 6.42 Å². The van der Waals surface area contributed by atoms with Crippen molar-refractivity contribution in [1.29, 1.82) is 0 Å². The Labute approximate surface area is 176 Å². The lowest BCUT2D eigenvalue weighted by molar-refractivity contribution is 0.0697. The summed E-state index contributed by atoms with van der Waals surface area (Å²) in [7, 11) is 2.09. The number of nitrogens with one attached hydrogen (secondary N) is 2. The van der Waals surface area contributed by atoms with Gasteiger partial charge in [0, 0.05) is 37.2 Å². The molecule has 0 fully saturated rings. The van der Waals surface area contributed by atoms with Crippen LogP contribution in [0.2, 0.25) is 0 Å². The first-order chi connectivity index (χ1) is 14.5. The number of benzene rings is 2. The molecular formula is C24H26N4O2. The summed E-state index contributed by atoms with van der Waals surface area (Å²) in [4.78, 5) is 17.6. The first-order valence-corrected chi connectivity index (χ1v) is 10.1. The second kappa shape index (κ2) is 8.55. The Morgan fingerprint density at radius 2 is 1.93 bits per heavy atom. The van der Waals surface area contributed by atoms with Crippen LogP contribution >= 0.6 is 0 Å². The van der Waals surface area contributed by atoms with E-state index in [1.165, 1.54) is 34.6 Å². The summed E-state index contributed by atoms with van der Waals surface area (Å²) in [6.45, 7) is 3.63. The maximum absolute atomic E-state index is 11.2. The molecule has 0 amide bonds. The Bertz CT molecular complexity index is 1050. The molecule has 30 heavy (non-hydrogen) atoms. The van der Waals surface area contributed by atoms with Gasteiger partial charge in [0.15, 0.2) is 0 Å². The molecule has 0 bridgehead atoms. The van der Waals surface area contributed by atoms with Crippen LogP contribution in [0.4, 0.5) is 17.2 Å². The number of anilines is 3. The molecule has 0 unspecified atom stereocenters. The first kappa shape index (κ1) is 19.9. The van der Waals surface area contributed by atoms with Gasteiger partial charge in [-0.2, -0.15) is 0 Å². The van der Waals surface area contributed by atoms with Crippen molar-refractivity contribution in [2.24, 2.45) is 0 Å². The number of hydrogen-bond acceptors (Lipinski definition) is 5. The first-order valence-electron chi connectivity index (χ1n) is 10.1. The van der Waals surface area contributed by atoms with Crippen LogP contribution in [0.5, 0.6) is 0 Å². The zero-order valence-electron chi connectivity index (χ0n) is 17.2. The van der Waals surface area contributed by atoms with E-state index in [1.807, 2.05) is 0 Å². The van der Waals surface area contributed by atoms with Crippen LogP contribution in [0, 0.1) is 6.92 Å².